The average Bonchev–Trinajstić information content (AvgIpc) is 3.21. The van der Waals surface area contributed by atoms with Gasteiger partial charge in [0.05, 0.1) is 6.26 Å². The van der Waals surface area contributed by atoms with E-state index in [1.165, 1.54) is 0 Å². The van der Waals surface area contributed by atoms with Crippen molar-refractivity contribution >= 4 is 48.1 Å². The Morgan fingerprint density at radius 2 is 1.92 bits per heavy atom. The Morgan fingerprint density at radius 3 is 2.56 bits per heavy atom. The summed E-state index contributed by atoms with van der Waals surface area (Å²) in [6, 6.07) is -0.0701. The van der Waals surface area contributed by atoms with Crippen LogP contribution in [-0.4, -0.2) is 57.4 Å². The Kier molecular flexibility index (Phi) is 6.49. The van der Waals surface area contributed by atoms with E-state index in [0.717, 1.165) is 49.7 Å². The first-order chi connectivity index (χ1) is 16.9. The maximum atomic E-state index is 13.8. The summed E-state index contributed by atoms with van der Waals surface area (Å²) in [4.78, 5) is 15.6. The third-order valence-corrected chi connectivity index (χ3v) is 11.0. The molecule has 3 saturated carbocycles. The fraction of sp³-hybridized carbons (Fsp3) is 0.652. The summed E-state index contributed by atoms with van der Waals surface area (Å²) in [5, 5.41) is 16.2. The quantitative estimate of drug-likeness (QED) is 0.468. The van der Waals surface area contributed by atoms with Crippen molar-refractivity contribution < 1.29 is 26.7 Å². The number of nitrogens with zero attached hydrogens (tertiary/aromatic N) is 2. The van der Waals surface area contributed by atoms with Crippen LogP contribution in [0.5, 0.6) is 0 Å². The number of aliphatic hydroxyl groups excluding tert-OH is 1. The Hall–Kier alpha value is -1.96. The Bertz CT molecular complexity index is 1350. The fourth-order valence-corrected chi connectivity index (χ4v) is 9.19. The molecule has 2 bridgehead atoms. The molecule has 1 aromatic heterocycles. The number of amidine groups is 1. The first-order valence-electron chi connectivity index (χ1n) is 12.3. The van der Waals surface area contributed by atoms with Gasteiger partial charge in [-0.1, -0.05) is 13.8 Å². The molecular weight excluding hydrogens is 524 g/mol. The van der Waals surface area contributed by atoms with Crippen molar-refractivity contribution in [2.75, 3.05) is 18.1 Å². The molecule has 3 fully saturated rings. The number of hydrogen-bond donors (Lipinski definition) is 3. The van der Waals surface area contributed by atoms with Gasteiger partial charge in [0.15, 0.2) is 5.84 Å². The lowest BCUT2D eigenvalue weighted by atomic mass is 9.59. The molecule has 0 saturated heterocycles. The van der Waals surface area contributed by atoms with E-state index in [-0.39, 0.29) is 63.0 Å². The molecule has 0 unspecified atom stereocenters. The van der Waals surface area contributed by atoms with Gasteiger partial charge in [0.25, 0.3) is 15.9 Å². The van der Waals surface area contributed by atoms with Crippen LogP contribution >= 0.6 is 11.3 Å². The van der Waals surface area contributed by atoms with E-state index >= 15 is 0 Å². The molecule has 3 heterocycles. The molecule has 3 N–H and O–H groups in total. The number of fused-ring (bicyclic) bond motifs is 3. The van der Waals surface area contributed by atoms with Crippen LogP contribution in [0.15, 0.2) is 26.0 Å². The minimum atomic E-state index is -4.24. The predicted octanol–water partition coefficient (Wildman–Crippen LogP) is 2.82. The predicted molar refractivity (Wildman–Crippen MR) is 138 cm³/mol. The maximum absolute atomic E-state index is 13.8. The summed E-state index contributed by atoms with van der Waals surface area (Å²) < 4.78 is 55.7. The summed E-state index contributed by atoms with van der Waals surface area (Å²) in [6.45, 7) is 4.55. The van der Waals surface area contributed by atoms with Crippen LogP contribution in [0.4, 0.5) is 5.00 Å². The third kappa shape index (κ3) is 4.48. The Morgan fingerprint density at radius 1 is 1.25 bits per heavy atom. The van der Waals surface area contributed by atoms with Crippen molar-refractivity contribution in [3.05, 3.63) is 22.3 Å². The van der Waals surface area contributed by atoms with Crippen molar-refractivity contribution in [3.63, 3.8) is 0 Å². The number of thiophene rings is 1. The lowest BCUT2D eigenvalue weighted by Gasteiger charge is -2.55. The molecule has 1 aromatic rings. The van der Waals surface area contributed by atoms with Gasteiger partial charge in [0.1, 0.15) is 21.2 Å². The van der Waals surface area contributed by atoms with Gasteiger partial charge in [0.2, 0.25) is 10.0 Å². The van der Waals surface area contributed by atoms with E-state index in [9.17, 15) is 26.7 Å². The number of rotatable bonds is 7. The number of anilines is 1. The molecule has 6 rings (SSSR count). The van der Waals surface area contributed by atoms with Crippen molar-refractivity contribution in [2.24, 2.45) is 28.1 Å². The molecule has 36 heavy (non-hydrogen) atoms. The number of carbonyl (C=O) groups is 1. The van der Waals surface area contributed by atoms with Gasteiger partial charge in [-0.3, -0.25) is 4.79 Å². The molecule has 3 aliphatic carbocycles. The summed E-state index contributed by atoms with van der Waals surface area (Å²) in [5.41, 5.74) is 0.207. The normalized spacial score (nSPS) is 29.2. The topological polar surface area (TPSA) is 145 Å². The molecule has 10 nitrogen and oxygen atoms in total. The van der Waals surface area contributed by atoms with Crippen molar-refractivity contribution in [3.8, 4) is 0 Å². The minimum Gasteiger partial charge on any atom is -0.511 e. The van der Waals surface area contributed by atoms with Gasteiger partial charge in [-0.15, -0.1) is 15.7 Å². The molecule has 1 amide bonds. The maximum Gasteiger partial charge on any atom is 0.287 e. The van der Waals surface area contributed by atoms with Gasteiger partial charge in [0, 0.05) is 30.6 Å². The molecule has 13 heteroatoms. The smallest absolute Gasteiger partial charge is 0.287 e. The van der Waals surface area contributed by atoms with Crippen LogP contribution in [0, 0.1) is 23.7 Å². The second-order valence-electron chi connectivity index (χ2n) is 10.7. The lowest BCUT2D eigenvalue weighted by molar-refractivity contribution is -0.139. The zero-order chi connectivity index (χ0) is 26.0. The third-order valence-electron chi connectivity index (χ3n) is 7.81. The lowest BCUT2D eigenvalue weighted by Crippen LogP contribution is -2.60. The van der Waals surface area contributed by atoms with Gasteiger partial charge >= 0.3 is 0 Å². The monoisotopic (exact) mass is 556 g/mol. The van der Waals surface area contributed by atoms with Crippen LogP contribution in [0.25, 0.3) is 0 Å². The van der Waals surface area contributed by atoms with Crippen molar-refractivity contribution in [2.45, 2.75) is 63.4 Å². The highest BCUT2D eigenvalue weighted by Gasteiger charge is 2.54. The van der Waals surface area contributed by atoms with E-state index in [4.69, 9.17) is 0 Å². The summed E-state index contributed by atoms with van der Waals surface area (Å²) in [6.07, 6.45) is 5.85. The number of aliphatic hydroxyl groups is 1. The van der Waals surface area contributed by atoms with Crippen molar-refractivity contribution in [1.29, 1.82) is 0 Å². The number of hydrogen-bond acceptors (Lipinski definition) is 8. The van der Waals surface area contributed by atoms with Gasteiger partial charge in [-0.25, -0.2) is 13.1 Å². The summed E-state index contributed by atoms with van der Waals surface area (Å²) in [5.74, 6) is 0.142. The van der Waals surface area contributed by atoms with Gasteiger partial charge in [-0.05, 0) is 55.2 Å². The van der Waals surface area contributed by atoms with Crippen LogP contribution < -0.4 is 10.0 Å². The highest BCUT2D eigenvalue weighted by atomic mass is 32.2. The number of sulfonamides is 2. The zero-order valence-electron chi connectivity index (χ0n) is 20.5. The number of amides is 1. The SMILES string of the molecule is CC(C)CCN1C(=O)C(C2=NS(=O)(=O)c3c(CNS(C)(=O)=O)csc3N2)=C(O)[C@@H]2C3CCC(CC3)[C@@H]21. The van der Waals surface area contributed by atoms with Crippen LogP contribution in [0.3, 0.4) is 0 Å². The highest BCUT2D eigenvalue weighted by Crippen LogP contribution is 2.52. The molecule has 0 radical (unpaired) electrons. The van der Waals surface area contributed by atoms with E-state index in [2.05, 4.69) is 28.3 Å². The number of carbonyl (C=O) groups excluding carboxylic acids is 1. The summed E-state index contributed by atoms with van der Waals surface area (Å²) in [7, 11) is -7.77. The molecule has 0 aromatic carbocycles. The highest BCUT2D eigenvalue weighted by molar-refractivity contribution is 7.91. The summed E-state index contributed by atoms with van der Waals surface area (Å²) >= 11 is 1.09. The Balaban J connectivity index is 1.54. The standard InChI is InChI=1S/C23H32N4O6S3/c1-12(2)8-9-27-18-14-6-4-13(5-7-14)16(18)19(28)17(23(27)29)21-25-22-20(36(32,33)26-21)15(11-34-22)10-24-35(3,30)31/h11-14,16,18,24,28H,4-10H2,1-3H3,(H,25,26)/t13?,14?,16-,18+/m1/s1. The fourth-order valence-electron chi connectivity index (χ4n) is 6.16. The van der Waals surface area contributed by atoms with E-state index in [1.54, 1.807) is 5.38 Å². The van der Waals surface area contributed by atoms with Crippen molar-refractivity contribution in [1.82, 2.24) is 9.62 Å². The Labute approximate surface area is 216 Å². The average molecular weight is 557 g/mol. The molecule has 0 spiro atoms. The minimum absolute atomic E-state index is 0.0550. The molecular formula is C23H32N4O6S3. The molecule has 198 valence electrons. The first kappa shape index (κ1) is 25.7. The molecule has 2 atom stereocenters. The van der Waals surface area contributed by atoms with Gasteiger partial charge in [-0.2, -0.15) is 8.42 Å². The molecule has 2 aliphatic heterocycles. The van der Waals surface area contributed by atoms with Crippen LogP contribution in [0.2, 0.25) is 0 Å². The molecule has 5 aliphatic rings. The van der Waals surface area contributed by atoms with Crippen LogP contribution in [0.1, 0.15) is 51.5 Å². The largest absolute Gasteiger partial charge is 0.511 e. The second kappa shape index (κ2) is 9.10. The van der Waals surface area contributed by atoms with Gasteiger partial charge < -0.3 is 15.3 Å². The van der Waals surface area contributed by atoms with E-state index in [1.807, 2.05) is 4.90 Å². The second-order valence-corrected chi connectivity index (χ2v) is 14.9. The first-order valence-corrected chi connectivity index (χ1v) is 16.5. The number of nitrogens with one attached hydrogen (secondary N) is 2. The van der Waals surface area contributed by atoms with Crippen LogP contribution in [-0.2, 0) is 31.4 Å². The van der Waals surface area contributed by atoms with E-state index in [0.29, 0.717) is 18.4 Å². The van der Waals surface area contributed by atoms with E-state index < -0.39 is 20.0 Å². The zero-order valence-corrected chi connectivity index (χ0v) is 23.0.